The summed E-state index contributed by atoms with van der Waals surface area (Å²) in [4.78, 5) is 14.1. The fourth-order valence-electron chi connectivity index (χ4n) is 2.44. The van der Waals surface area contributed by atoms with E-state index in [0.29, 0.717) is 18.4 Å². The molecule has 1 aliphatic carbocycles. The summed E-state index contributed by atoms with van der Waals surface area (Å²) in [6.45, 7) is 7.11. The number of ketones is 1. The molecule has 1 fully saturated rings. The van der Waals surface area contributed by atoms with E-state index >= 15 is 0 Å². The molecule has 1 unspecified atom stereocenters. The van der Waals surface area contributed by atoms with Crippen LogP contribution in [-0.2, 0) is 4.79 Å². The molecule has 0 aliphatic heterocycles. The summed E-state index contributed by atoms with van der Waals surface area (Å²) in [6.07, 6.45) is 6.16. The van der Waals surface area contributed by atoms with Gasteiger partial charge >= 0.3 is 0 Å². The lowest BCUT2D eigenvalue weighted by Crippen LogP contribution is -2.39. The first kappa shape index (κ1) is 13.7. The van der Waals surface area contributed by atoms with Crippen molar-refractivity contribution in [3.8, 4) is 0 Å². The lowest BCUT2D eigenvalue weighted by atomic mass is 9.86. The maximum absolute atomic E-state index is 11.8. The molecule has 1 rings (SSSR count). The van der Waals surface area contributed by atoms with Gasteiger partial charge in [0.1, 0.15) is 5.78 Å². The predicted molar refractivity (Wildman–Crippen MR) is 68.5 cm³/mol. The highest BCUT2D eigenvalue weighted by atomic mass is 16.1. The van der Waals surface area contributed by atoms with Crippen LogP contribution >= 0.6 is 0 Å². The Kier molecular flexibility index (Phi) is 5.47. The van der Waals surface area contributed by atoms with Crippen LogP contribution < -0.4 is 0 Å². The summed E-state index contributed by atoms with van der Waals surface area (Å²) in [5, 5.41) is 0. The molecule has 1 atom stereocenters. The second kappa shape index (κ2) is 6.39. The van der Waals surface area contributed by atoms with E-state index in [1.807, 2.05) is 6.92 Å². The predicted octanol–water partition coefficient (Wildman–Crippen LogP) is 3.11. The Morgan fingerprint density at radius 2 is 1.88 bits per heavy atom. The molecule has 0 amide bonds. The Balaban J connectivity index is 2.34. The highest BCUT2D eigenvalue weighted by molar-refractivity contribution is 5.82. The molecule has 0 aromatic heterocycles. The minimum Gasteiger partial charge on any atom is -0.298 e. The number of hydrogen-bond acceptors (Lipinski definition) is 2. The fraction of sp³-hybridized carbons (Fsp3) is 0.929. The zero-order valence-corrected chi connectivity index (χ0v) is 11.3. The van der Waals surface area contributed by atoms with Crippen LogP contribution in [-0.4, -0.2) is 30.3 Å². The molecule has 2 heteroatoms. The van der Waals surface area contributed by atoms with Gasteiger partial charge in [-0.25, -0.2) is 0 Å². The zero-order valence-electron chi connectivity index (χ0n) is 11.3. The molecule has 0 spiro atoms. The van der Waals surface area contributed by atoms with E-state index in [1.54, 1.807) is 0 Å². The van der Waals surface area contributed by atoms with Crippen LogP contribution in [0.5, 0.6) is 0 Å². The topological polar surface area (TPSA) is 20.3 Å². The first-order valence-electron chi connectivity index (χ1n) is 6.77. The van der Waals surface area contributed by atoms with E-state index in [-0.39, 0.29) is 5.92 Å². The molecule has 0 radical (unpaired) electrons. The Morgan fingerprint density at radius 1 is 1.31 bits per heavy atom. The monoisotopic (exact) mass is 225 g/mol. The third-order valence-corrected chi connectivity index (χ3v) is 4.18. The van der Waals surface area contributed by atoms with Crippen molar-refractivity contribution in [2.75, 3.05) is 13.6 Å². The summed E-state index contributed by atoms with van der Waals surface area (Å²) in [5.41, 5.74) is 0. The number of carbonyl (C=O) groups is 1. The van der Waals surface area contributed by atoms with Gasteiger partial charge in [0.05, 0.1) is 6.54 Å². The molecule has 0 aromatic carbocycles. The SMILES string of the molecule is CCC(C)C(=O)CN(C)C1CCC(C)CC1. The molecular weight excluding hydrogens is 198 g/mol. The van der Waals surface area contributed by atoms with E-state index in [9.17, 15) is 4.79 Å². The van der Waals surface area contributed by atoms with Crippen molar-refractivity contribution in [1.29, 1.82) is 0 Å². The second-order valence-electron chi connectivity index (χ2n) is 5.60. The molecule has 2 nitrogen and oxygen atoms in total. The molecule has 1 aliphatic rings. The van der Waals surface area contributed by atoms with Gasteiger partial charge in [0, 0.05) is 12.0 Å². The van der Waals surface area contributed by atoms with Crippen LogP contribution in [0.4, 0.5) is 0 Å². The lowest BCUT2D eigenvalue weighted by Gasteiger charge is -2.33. The average molecular weight is 225 g/mol. The normalized spacial score (nSPS) is 28.1. The van der Waals surface area contributed by atoms with Crippen LogP contribution in [0, 0.1) is 11.8 Å². The second-order valence-corrected chi connectivity index (χ2v) is 5.60. The molecule has 0 N–H and O–H groups in total. The number of Topliss-reactive ketones (excluding diaryl/α,β-unsaturated/α-hetero) is 1. The average Bonchev–Trinajstić information content (AvgIpc) is 2.28. The summed E-state index contributed by atoms with van der Waals surface area (Å²) in [7, 11) is 2.11. The highest BCUT2D eigenvalue weighted by Crippen LogP contribution is 2.26. The van der Waals surface area contributed by atoms with Gasteiger partial charge in [-0.15, -0.1) is 0 Å². The molecule has 0 aromatic rings. The lowest BCUT2D eigenvalue weighted by molar-refractivity contribution is -0.124. The van der Waals surface area contributed by atoms with Crippen molar-refractivity contribution in [2.24, 2.45) is 11.8 Å². The Hall–Kier alpha value is -0.370. The maximum Gasteiger partial charge on any atom is 0.149 e. The van der Waals surface area contributed by atoms with Crippen molar-refractivity contribution in [1.82, 2.24) is 4.90 Å². The summed E-state index contributed by atoms with van der Waals surface area (Å²) < 4.78 is 0. The molecule has 0 saturated heterocycles. The maximum atomic E-state index is 11.8. The van der Waals surface area contributed by atoms with Crippen molar-refractivity contribution in [2.45, 2.75) is 58.9 Å². The number of rotatable bonds is 5. The van der Waals surface area contributed by atoms with Crippen molar-refractivity contribution >= 4 is 5.78 Å². The summed E-state index contributed by atoms with van der Waals surface area (Å²) >= 11 is 0. The van der Waals surface area contributed by atoms with Crippen LogP contribution in [0.3, 0.4) is 0 Å². The van der Waals surface area contributed by atoms with Gasteiger partial charge in [0.2, 0.25) is 0 Å². The molecule has 0 heterocycles. The van der Waals surface area contributed by atoms with Gasteiger partial charge in [-0.2, -0.15) is 0 Å². The minimum atomic E-state index is 0.227. The van der Waals surface area contributed by atoms with E-state index in [4.69, 9.17) is 0 Å². The largest absolute Gasteiger partial charge is 0.298 e. The van der Waals surface area contributed by atoms with Gasteiger partial charge in [-0.1, -0.05) is 20.8 Å². The quantitative estimate of drug-likeness (QED) is 0.716. The van der Waals surface area contributed by atoms with Crippen molar-refractivity contribution in [3.05, 3.63) is 0 Å². The van der Waals surface area contributed by atoms with Gasteiger partial charge < -0.3 is 0 Å². The molecule has 1 saturated carbocycles. The first-order valence-corrected chi connectivity index (χ1v) is 6.77. The van der Waals surface area contributed by atoms with Crippen LogP contribution in [0.2, 0.25) is 0 Å². The van der Waals surface area contributed by atoms with Gasteiger partial charge in [-0.3, -0.25) is 9.69 Å². The number of likely N-dealkylation sites (N-methyl/N-ethyl adjacent to an activating group) is 1. The third-order valence-electron chi connectivity index (χ3n) is 4.18. The number of hydrogen-bond donors (Lipinski definition) is 0. The Morgan fingerprint density at radius 3 is 2.38 bits per heavy atom. The molecule has 16 heavy (non-hydrogen) atoms. The van der Waals surface area contributed by atoms with E-state index < -0.39 is 0 Å². The molecule has 0 bridgehead atoms. The number of nitrogens with zero attached hydrogens (tertiary/aromatic N) is 1. The van der Waals surface area contributed by atoms with E-state index in [0.717, 1.165) is 12.3 Å². The van der Waals surface area contributed by atoms with Gasteiger partial charge in [-0.05, 0) is 45.1 Å². The summed E-state index contributed by atoms with van der Waals surface area (Å²) in [5.74, 6) is 1.52. The van der Waals surface area contributed by atoms with Crippen LogP contribution in [0.15, 0.2) is 0 Å². The van der Waals surface area contributed by atoms with Crippen LogP contribution in [0.25, 0.3) is 0 Å². The molecular formula is C14H27NO. The highest BCUT2D eigenvalue weighted by Gasteiger charge is 2.23. The van der Waals surface area contributed by atoms with Gasteiger partial charge in [0.15, 0.2) is 0 Å². The molecule has 94 valence electrons. The van der Waals surface area contributed by atoms with Crippen LogP contribution in [0.1, 0.15) is 52.9 Å². The zero-order chi connectivity index (χ0) is 12.1. The Bertz CT molecular complexity index is 219. The standard InChI is InChI=1S/C14H27NO/c1-5-12(3)14(16)10-15(4)13-8-6-11(2)7-9-13/h11-13H,5-10H2,1-4H3. The van der Waals surface area contributed by atoms with E-state index in [1.165, 1.54) is 25.7 Å². The van der Waals surface area contributed by atoms with E-state index in [2.05, 4.69) is 25.8 Å². The minimum absolute atomic E-state index is 0.227. The van der Waals surface area contributed by atoms with Gasteiger partial charge in [0.25, 0.3) is 0 Å². The fourth-order valence-corrected chi connectivity index (χ4v) is 2.44. The van der Waals surface area contributed by atoms with Crippen molar-refractivity contribution in [3.63, 3.8) is 0 Å². The third kappa shape index (κ3) is 3.89. The Labute approximate surface area is 100 Å². The summed E-state index contributed by atoms with van der Waals surface area (Å²) in [6, 6.07) is 0.643. The number of carbonyl (C=O) groups excluding carboxylic acids is 1. The first-order chi connectivity index (χ1) is 7.54. The smallest absolute Gasteiger partial charge is 0.149 e. The van der Waals surface area contributed by atoms with Crippen molar-refractivity contribution < 1.29 is 4.79 Å².